The summed E-state index contributed by atoms with van der Waals surface area (Å²) in [5, 5.41) is 9.65. The maximum Gasteiger partial charge on any atom is 0.0900 e. The van der Waals surface area contributed by atoms with Crippen LogP contribution < -0.4 is 0 Å². The predicted octanol–water partition coefficient (Wildman–Crippen LogP) is 0.823. The second kappa shape index (κ2) is 7.51. The molecule has 0 aromatic rings. The standard InChI is InChI=1S/C10H21NO2S/c1-2-13-9-10(12)8-11-4-3-6-14-7-5-11/h10,12H,2-9H2,1H3. The first-order valence-corrected chi connectivity index (χ1v) is 6.54. The smallest absolute Gasteiger partial charge is 0.0900 e. The predicted molar refractivity (Wildman–Crippen MR) is 60.9 cm³/mol. The SMILES string of the molecule is CCOCC(O)CN1CCCSCC1. The molecule has 1 N–H and O–H groups in total. The monoisotopic (exact) mass is 219 g/mol. The molecule has 1 saturated heterocycles. The zero-order valence-corrected chi connectivity index (χ0v) is 9.76. The average molecular weight is 219 g/mol. The number of ether oxygens (including phenoxy) is 1. The van der Waals surface area contributed by atoms with Gasteiger partial charge in [-0.3, -0.25) is 4.90 Å². The molecule has 1 fully saturated rings. The van der Waals surface area contributed by atoms with Crippen LogP contribution in [-0.2, 0) is 4.74 Å². The number of hydrogen-bond donors (Lipinski definition) is 1. The fourth-order valence-corrected chi connectivity index (χ4v) is 2.51. The summed E-state index contributed by atoms with van der Waals surface area (Å²) >= 11 is 2.01. The van der Waals surface area contributed by atoms with E-state index in [9.17, 15) is 5.11 Å². The number of aliphatic hydroxyl groups is 1. The molecule has 4 heteroatoms. The van der Waals surface area contributed by atoms with Crippen molar-refractivity contribution in [2.75, 3.05) is 44.4 Å². The van der Waals surface area contributed by atoms with Gasteiger partial charge in [0.25, 0.3) is 0 Å². The van der Waals surface area contributed by atoms with Gasteiger partial charge >= 0.3 is 0 Å². The molecule has 0 saturated carbocycles. The highest BCUT2D eigenvalue weighted by Crippen LogP contribution is 2.10. The van der Waals surface area contributed by atoms with Crippen LogP contribution in [0.5, 0.6) is 0 Å². The van der Waals surface area contributed by atoms with Gasteiger partial charge in [-0.05, 0) is 25.6 Å². The summed E-state index contributed by atoms with van der Waals surface area (Å²) in [6.45, 7) is 6.10. The van der Waals surface area contributed by atoms with Crippen LogP contribution in [0.2, 0.25) is 0 Å². The Balaban J connectivity index is 2.13. The minimum absolute atomic E-state index is 0.321. The third-order valence-corrected chi connectivity index (χ3v) is 3.35. The van der Waals surface area contributed by atoms with Gasteiger partial charge < -0.3 is 9.84 Å². The topological polar surface area (TPSA) is 32.7 Å². The Kier molecular flexibility index (Phi) is 6.60. The second-order valence-electron chi connectivity index (χ2n) is 3.58. The normalized spacial score (nSPS) is 21.9. The third-order valence-electron chi connectivity index (χ3n) is 2.30. The van der Waals surface area contributed by atoms with E-state index in [1.165, 1.54) is 17.9 Å². The van der Waals surface area contributed by atoms with Crippen molar-refractivity contribution in [3.05, 3.63) is 0 Å². The van der Waals surface area contributed by atoms with E-state index in [0.29, 0.717) is 13.2 Å². The average Bonchev–Trinajstić information content (AvgIpc) is 2.43. The molecular weight excluding hydrogens is 198 g/mol. The van der Waals surface area contributed by atoms with E-state index in [1.807, 2.05) is 18.7 Å². The number of hydrogen-bond acceptors (Lipinski definition) is 4. The molecule has 0 bridgehead atoms. The summed E-state index contributed by atoms with van der Waals surface area (Å²) in [7, 11) is 0. The Morgan fingerprint density at radius 2 is 2.29 bits per heavy atom. The molecule has 84 valence electrons. The van der Waals surface area contributed by atoms with E-state index >= 15 is 0 Å². The van der Waals surface area contributed by atoms with Gasteiger partial charge in [-0.2, -0.15) is 11.8 Å². The third kappa shape index (κ3) is 5.20. The van der Waals surface area contributed by atoms with Gasteiger partial charge in [-0.1, -0.05) is 0 Å². The van der Waals surface area contributed by atoms with Crippen molar-refractivity contribution in [3.63, 3.8) is 0 Å². The first-order chi connectivity index (χ1) is 6.83. The van der Waals surface area contributed by atoms with Crippen LogP contribution in [0.15, 0.2) is 0 Å². The maximum absolute atomic E-state index is 9.65. The van der Waals surface area contributed by atoms with Crippen LogP contribution in [0, 0.1) is 0 Å². The zero-order chi connectivity index (χ0) is 10.2. The summed E-state index contributed by atoms with van der Waals surface area (Å²) in [5.41, 5.74) is 0. The van der Waals surface area contributed by atoms with Crippen molar-refractivity contribution < 1.29 is 9.84 Å². The highest BCUT2D eigenvalue weighted by Gasteiger charge is 2.13. The lowest BCUT2D eigenvalue weighted by Crippen LogP contribution is -2.36. The van der Waals surface area contributed by atoms with Gasteiger partial charge in [-0.15, -0.1) is 0 Å². The summed E-state index contributed by atoms with van der Waals surface area (Å²) in [5.74, 6) is 2.46. The van der Waals surface area contributed by atoms with Crippen LogP contribution >= 0.6 is 11.8 Å². The van der Waals surface area contributed by atoms with Gasteiger partial charge in [0.1, 0.15) is 0 Å². The molecule has 3 nitrogen and oxygen atoms in total. The molecule has 1 aliphatic heterocycles. The van der Waals surface area contributed by atoms with E-state index in [-0.39, 0.29) is 6.10 Å². The van der Waals surface area contributed by atoms with Crippen molar-refractivity contribution in [2.24, 2.45) is 0 Å². The Bertz CT molecular complexity index is 138. The second-order valence-corrected chi connectivity index (χ2v) is 4.80. The summed E-state index contributed by atoms with van der Waals surface area (Å²) in [6.07, 6.45) is 0.921. The molecule has 0 radical (unpaired) electrons. The van der Waals surface area contributed by atoms with Gasteiger partial charge in [0.05, 0.1) is 12.7 Å². The van der Waals surface area contributed by atoms with Crippen LogP contribution in [0.1, 0.15) is 13.3 Å². The van der Waals surface area contributed by atoms with Crippen LogP contribution in [0.25, 0.3) is 0 Å². The molecule has 1 aliphatic rings. The first kappa shape index (κ1) is 12.3. The van der Waals surface area contributed by atoms with Crippen molar-refractivity contribution in [1.29, 1.82) is 0 Å². The number of β-amino-alcohol motifs (C(OH)–C–C–N with tert-alkyl or cyclic N) is 1. The van der Waals surface area contributed by atoms with Crippen LogP contribution in [0.4, 0.5) is 0 Å². The number of rotatable bonds is 5. The summed E-state index contributed by atoms with van der Waals surface area (Å²) in [4.78, 5) is 2.34. The van der Waals surface area contributed by atoms with E-state index in [1.54, 1.807) is 0 Å². The van der Waals surface area contributed by atoms with Gasteiger partial charge in [0.15, 0.2) is 0 Å². The lowest BCUT2D eigenvalue weighted by atomic mass is 10.3. The van der Waals surface area contributed by atoms with Gasteiger partial charge in [-0.25, -0.2) is 0 Å². The lowest BCUT2D eigenvalue weighted by Gasteiger charge is -2.22. The number of thioether (sulfide) groups is 1. The molecule has 1 atom stereocenters. The molecule has 1 unspecified atom stereocenters. The molecule has 0 aromatic carbocycles. The van der Waals surface area contributed by atoms with E-state index in [2.05, 4.69) is 4.90 Å². The van der Waals surface area contributed by atoms with E-state index in [4.69, 9.17) is 4.74 Å². The number of nitrogens with zero attached hydrogens (tertiary/aromatic N) is 1. The maximum atomic E-state index is 9.65. The quantitative estimate of drug-likeness (QED) is 0.742. The lowest BCUT2D eigenvalue weighted by molar-refractivity contribution is 0.0225. The fourth-order valence-electron chi connectivity index (χ4n) is 1.58. The first-order valence-electron chi connectivity index (χ1n) is 5.39. The molecule has 0 spiro atoms. The van der Waals surface area contributed by atoms with Crippen molar-refractivity contribution in [1.82, 2.24) is 4.90 Å². The van der Waals surface area contributed by atoms with Crippen LogP contribution in [-0.4, -0.2) is 60.5 Å². The Labute approximate surface area is 90.8 Å². The van der Waals surface area contributed by atoms with Crippen molar-refractivity contribution in [3.8, 4) is 0 Å². The van der Waals surface area contributed by atoms with E-state index < -0.39 is 0 Å². The molecule has 1 rings (SSSR count). The minimum Gasteiger partial charge on any atom is -0.389 e. The highest BCUT2D eigenvalue weighted by molar-refractivity contribution is 7.99. The van der Waals surface area contributed by atoms with Gasteiger partial charge in [0.2, 0.25) is 0 Å². The molecule has 14 heavy (non-hydrogen) atoms. The van der Waals surface area contributed by atoms with Crippen molar-refractivity contribution >= 4 is 11.8 Å². The molecule has 0 aromatic heterocycles. The largest absolute Gasteiger partial charge is 0.389 e. The van der Waals surface area contributed by atoms with Crippen LogP contribution in [0.3, 0.4) is 0 Å². The summed E-state index contributed by atoms with van der Waals surface area (Å²) < 4.78 is 5.19. The Morgan fingerprint density at radius 3 is 3.07 bits per heavy atom. The zero-order valence-electron chi connectivity index (χ0n) is 8.95. The number of aliphatic hydroxyl groups excluding tert-OH is 1. The fraction of sp³-hybridized carbons (Fsp3) is 1.00. The Hall–Kier alpha value is 0.230. The highest BCUT2D eigenvalue weighted by atomic mass is 32.2. The molecule has 1 heterocycles. The molecule has 0 amide bonds. The van der Waals surface area contributed by atoms with E-state index in [0.717, 1.165) is 19.6 Å². The summed E-state index contributed by atoms with van der Waals surface area (Å²) in [6, 6.07) is 0. The minimum atomic E-state index is -0.321. The Morgan fingerprint density at radius 1 is 1.43 bits per heavy atom. The molecular formula is C10H21NO2S. The van der Waals surface area contributed by atoms with Crippen molar-refractivity contribution in [2.45, 2.75) is 19.4 Å². The van der Waals surface area contributed by atoms with Gasteiger partial charge in [0, 0.05) is 25.4 Å². The molecule has 0 aliphatic carbocycles.